The zero-order chi connectivity index (χ0) is 22.3. The highest BCUT2D eigenvalue weighted by Gasteiger charge is 2.26. The first-order valence-electron chi connectivity index (χ1n) is 11.1. The number of carbonyl (C=O) groups excluding carboxylic acids is 1. The topological polar surface area (TPSA) is 69.6 Å². The van der Waals surface area contributed by atoms with Gasteiger partial charge in [0.05, 0.1) is 26.9 Å². The largest absolute Gasteiger partial charge is 0.497 e. The van der Waals surface area contributed by atoms with Gasteiger partial charge in [-0.2, -0.15) is 0 Å². The number of carbonyl (C=O) groups is 1. The number of aliphatic imine (C=N–C) groups is 1. The van der Waals surface area contributed by atoms with Gasteiger partial charge in [0, 0.05) is 58.3 Å². The van der Waals surface area contributed by atoms with Crippen molar-refractivity contribution in [2.45, 2.75) is 19.3 Å². The van der Waals surface area contributed by atoms with Gasteiger partial charge in [0.2, 0.25) is 5.91 Å². The Kier molecular flexibility index (Phi) is 8.15. The molecule has 8 nitrogen and oxygen atoms in total. The number of guanidine groups is 1. The molecule has 1 aromatic rings. The smallest absolute Gasteiger partial charge is 0.236 e. The number of benzene rings is 1. The zero-order valence-electron chi connectivity index (χ0n) is 19.4. The molecule has 0 aromatic heterocycles. The summed E-state index contributed by atoms with van der Waals surface area (Å²) in [6, 6.07) is 8.23. The Morgan fingerprint density at radius 3 is 2.48 bits per heavy atom. The number of methoxy groups -OCH3 is 1. The number of nitrogens with zero attached hydrogens (tertiary/aromatic N) is 4. The summed E-state index contributed by atoms with van der Waals surface area (Å²) < 4.78 is 10.7. The lowest BCUT2D eigenvalue weighted by Gasteiger charge is -2.38. The van der Waals surface area contributed by atoms with Crippen molar-refractivity contribution in [1.82, 2.24) is 20.0 Å². The summed E-state index contributed by atoms with van der Waals surface area (Å²) in [6.45, 7) is 11.8. The number of piperazine rings is 1. The van der Waals surface area contributed by atoms with E-state index in [1.807, 2.05) is 24.1 Å². The number of hydrogen-bond acceptors (Lipinski definition) is 5. The van der Waals surface area contributed by atoms with E-state index < -0.39 is 0 Å². The van der Waals surface area contributed by atoms with E-state index in [1.165, 1.54) is 5.56 Å². The van der Waals surface area contributed by atoms with E-state index in [-0.39, 0.29) is 11.3 Å². The highest BCUT2D eigenvalue weighted by molar-refractivity contribution is 5.80. The number of amides is 1. The van der Waals surface area contributed by atoms with Crippen LogP contribution in [0.3, 0.4) is 0 Å². The van der Waals surface area contributed by atoms with Gasteiger partial charge in [-0.15, -0.1) is 0 Å². The Labute approximate surface area is 186 Å². The van der Waals surface area contributed by atoms with E-state index in [9.17, 15) is 4.79 Å². The molecule has 2 saturated heterocycles. The van der Waals surface area contributed by atoms with Crippen LogP contribution in [0.2, 0.25) is 0 Å². The Bertz CT molecular complexity index is 753. The second kappa shape index (κ2) is 10.8. The van der Waals surface area contributed by atoms with Crippen LogP contribution in [0.1, 0.15) is 19.4 Å². The molecule has 2 fully saturated rings. The van der Waals surface area contributed by atoms with Crippen LogP contribution in [0.4, 0.5) is 0 Å². The van der Waals surface area contributed by atoms with Crippen LogP contribution in [-0.4, -0.2) is 106 Å². The quantitative estimate of drug-likeness (QED) is 0.536. The maximum absolute atomic E-state index is 12.5. The van der Waals surface area contributed by atoms with Gasteiger partial charge >= 0.3 is 0 Å². The summed E-state index contributed by atoms with van der Waals surface area (Å²) in [6.07, 6.45) is 0. The molecular formula is C23H37N5O3. The molecule has 0 saturated carbocycles. The average molecular weight is 432 g/mol. The first-order chi connectivity index (χ1) is 14.9. The van der Waals surface area contributed by atoms with Crippen molar-refractivity contribution >= 4 is 11.9 Å². The van der Waals surface area contributed by atoms with Gasteiger partial charge in [-0.3, -0.25) is 14.7 Å². The van der Waals surface area contributed by atoms with Gasteiger partial charge in [0.1, 0.15) is 5.75 Å². The SMILES string of the molecule is CN=C(NCC(C)(C)c1cccc(OC)c1)N1CCN(CC(=O)N2CCOCC2)CC1. The Hall–Kier alpha value is -2.32. The minimum atomic E-state index is -0.0725. The normalized spacial score (nSPS) is 18.8. The van der Waals surface area contributed by atoms with E-state index in [2.05, 4.69) is 46.1 Å². The van der Waals surface area contributed by atoms with E-state index >= 15 is 0 Å². The lowest BCUT2D eigenvalue weighted by Crippen LogP contribution is -2.55. The fraction of sp³-hybridized carbons (Fsp3) is 0.652. The highest BCUT2D eigenvalue weighted by atomic mass is 16.5. The molecule has 0 aliphatic carbocycles. The van der Waals surface area contributed by atoms with Gasteiger partial charge in [0.15, 0.2) is 5.96 Å². The Morgan fingerprint density at radius 2 is 1.84 bits per heavy atom. The monoisotopic (exact) mass is 431 g/mol. The second-order valence-corrected chi connectivity index (χ2v) is 8.77. The van der Waals surface area contributed by atoms with Crippen LogP contribution < -0.4 is 10.1 Å². The van der Waals surface area contributed by atoms with E-state index in [0.29, 0.717) is 32.8 Å². The standard InChI is InChI=1S/C23H37N5O3/c1-23(2,19-6-5-7-20(16-19)30-4)18-25-22(24-3)28-10-8-26(9-11-28)17-21(29)27-12-14-31-15-13-27/h5-7,16H,8-15,17-18H2,1-4H3,(H,24,25). The van der Waals surface area contributed by atoms with Crippen LogP contribution in [0.5, 0.6) is 5.75 Å². The molecule has 31 heavy (non-hydrogen) atoms. The molecule has 1 amide bonds. The molecule has 8 heteroatoms. The van der Waals surface area contributed by atoms with Gasteiger partial charge in [-0.25, -0.2) is 0 Å². The van der Waals surface area contributed by atoms with Crippen LogP contribution >= 0.6 is 0 Å². The molecule has 0 radical (unpaired) electrons. The Morgan fingerprint density at radius 1 is 1.13 bits per heavy atom. The fourth-order valence-corrected chi connectivity index (χ4v) is 4.00. The molecular weight excluding hydrogens is 394 g/mol. The first kappa shape index (κ1) is 23.3. The summed E-state index contributed by atoms with van der Waals surface area (Å²) in [5, 5.41) is 3.55. The summed E-state index contributed by atoms with van der Waals surface area (Å²) in [5.74, 6) is 1.99. The molecule has 2 aliphatic rings. The van der Waals surface area contributed by atoms with Crippen molar-refractivity contribution in [3.8, 4) is 5.75 Å². The molecule has 2 heterocycles. The third-order valence-electron chi connectivity index (χ3n) is 6.15. The maximum atomic E-state index is 12.5. The van der Waals surface area contributed by atoms with Gasteiger partial charge in [-0.1, -0.05) is 26.0 Å². The van der Waals surface area contributed by atoms with E-state index in [1.54, 1.807) is 7.11 Å². The minimum Gasteiger partial charge on any atom is -0.497 e. The Balaban J connectivity index is 1.48. The second-order valence-electron chi connectivity index (χ2n) is 8.77. The predicted octanol–water partition coefficient (Wildman–Crippen LogP) is 1.02. The zero-order valence-corrected chi connectivity index (χ0v) is 19.4. The molecule has 0 bridgehead atoms. The number of rotatable bonds is 6. The molecule has 1 N–H and O–H groups in total. The van der Waals surface area contributed by atoms with Gasteiger partial charge < -0.3 is 24.6 Å². The minimum absolute atomic E-state index is 0.0725. The van der Waals surface area contributed by atoms with Crippen molar-refractivity contribution in [3.63, 3.8) is 0 Å². The lowest BCUT2D eigenvalue weighted by atomic mass is 9.84. The predicted molar refractivity (Wildman–Crippen MR) is 123 cm³/mol. The third-order valence-corrected chi connectivity index (χ3v) is 6.15. The first-order valence-corrected chi connectivity index (χ1v) is 11.1. The summed E-state index contributed by atoms with van der Waals surface area (Å²) >= 11 is 0. The van der Waals surface area contributed by atoms with Crippen molar-refractivity contribution in [1.29, 1.82) is 0 Å². The molecule has 1 aromatic carbocycles. The molecule has 0 atom stereocenters. The van der Waals surface area contributed by atoms with E-state index in [4.69, 9.17) is 9.47 Å². The van der Waals surface area contributed by atoms with E-state index in [0.717, 1.165) is 44.4 Å². The molecule has 172 valence electrons. The van der Waals surface area contributed by atoms with Crippen molar-refractivity contribution < 1.29 is 14.3 Å². The summed E-state index contributed by atoms with van der Waals surface area (Å²) in [4.78, 5) is 23.4. The van der Waals surface area contributed by atoms with Crippen molar-refractivity contribution in [2.75, 3.05) is 79.7 Å². The van der Waals surface area contributed by atoms with Crippen molar-refractivity contribution in [3.05, 3.63) is 29.8 Å². The van der Waals surface area contributed by atoms with Gasteiger partial charge in [-0.05, 0) is 17.7 Å². The molecule has 3 rings (SSSR count). The van der Waals surface area contributed by atoms with Crippen LogP contribution in [-0.2, 0) is 14.9 Å². The van der Waals surface area contributed by atoms with Gasteiger partial charge in [0.25, 0.3) is 0 Å². The van der Waals surface area contributed by atoms with Crippen LogP contribution in [0.15, 0.2) is 29.3 Å². The summed E-state index contributed by atoms with van der Waals surface area (Å²) in [5.41, 5.74) is 1.15. The lowest BCUT2D eigenvalue weighted by molar-refractivity contribution is -0.136. The fourth-order valence-electron chi connectivity index (χ4n) is 4.00. The average Bonchev–Trinajstić information content (AvgIpc) is 2.81. The van der Waals surface area contributed by atoms with Crippen molar-refractivity contribution in [2.24, 2.45) is 4.99 Å². The molecule has 2 aliphatic heterocycles. The number of morpholine rings is 1. The number of hydrogen-bond donors (Lipinski definition) is 1. The summed E-state index contributed by atoms with van der Waals surface area (Å²) in [7, 11) is 3.52. The molecule has 0 spiro atoms. The number of ether oxygens (including phenoxy) is 2. The van der Waals surface area contributed by atoms with Crippen LogP contribution in [0, 0.1) is 0 Å². The van der Waals surface area contributed by atoms with Crippen LogP contribution in [0.25, 0.3) is 0 Å². The highest BCUT2D eigenvalue weighted by Crippen LogP contribution is 2.25. The maximum Gasteiger partial charge on any atom is 0.236 e. The number of nitrogens with one attached hydrogen (secondary N) is 1. The molecule has 0 unspecified atom stereocenters. The third kappa shape index (κ3) is 6.33.